The van der Waals surface area contributed by atoms with E-state index in [2.05, 4.69) is 26.1 Å². The van der Waals surface area contributed by atoms with Gasteiger partial charge in [0.05, 0.1) is 5.69 Å². The van der Waals surface area contributed by atoms with E-state index < -0.39 is 0 Å². The standard InChI is InChI=1S/C13H20FN/c1-5-12(9(2)3)15-13-8-10(4)6-7-11(13)14/h6-9,12,15H,5H2,1-4H3. The number of nitrogens with one attached hydrogen (secondary N) is 1. The normalized spacial score (nSPS) is 12.9. The van der Waals surface area contributed by atoms with Crippen molar-refractivity contribution < 1.29 is 4.39 Å². The maximum atomic E-state index is 13.5. The summed E-state index contributed by atoms with van der Waals surface area (Å²) in [5.41, 5.74) is 1.70. The number of hydrogen-bond donors (Lipinski definition) is 1. The van der Waals surface area contributed by atoms with Crippen molar-refractivity contribution in [1.82, 2.24) is 0 Å². The Morgan fingerprint density at radius 1 is 1.33 bits per heavy atom. The first-order valence-corrected chi connectivity index (χ1v) is 5.57. The molecule has 0 amide bonds. The molecule has 1 aromatic rings. The lowest BCUT2D eigenvalue weighted by atomic mass is 10.0. The summed E-state index contributed by atoms with van der Waals surface area (Å²) in [6.45, 7) is 8.38. The van der Waals surface area contributed by atoms with E-state index >= 15 is 0 Å². The van der Waals surface area contributed by atoms with Crippen molar-refractivity contribution in [3.8, 4) is 0 Å². The Kier molecular flexibility index (Phi) is 4.13. The van der Waals surface area contributed by atoms with Gasteiger partial charge < -0.3 is 5.32 Å². The van der Waals surface area contributed by atoms with Crippen LogP contribution in [0.4, 0.5) is 10.1 Å². The molecule has 2 heteroatoms. The van der Waals surface area contributed by atoms with Gasteiger partial charge in [-0.25, -0.2) is 4.39 Å². The fourth-order valence-corrected chi connectivity index (χ4v) is 1.69. The minimum absolute atomic E-state index is 0.167. The Morgan fingerprint density at radius 3 is 2.53 bits per heavy atom. The highest BCUT2D eigenvalue weighted by Crippen LogP contribution is 2.19. The topological polar surface area (TPSA) is 12.0 Å². The van der Waals surface area contributed by atoms with Gasteiger partial charge in [0.2, 0.25) is 0 Å². The Labute approximate surface area is 91.7 Å². The lowest BCUT2D eigenvalue weighted by Gasteiger charge is -2.22. The highest BCUT2D eigenvalue weighted by molar-refractivity contribution is 5.47. The molecule has 84 valence electrons. The van der Waals surface area contributed by atoms with Gasteiger partial charge >= 0.3 is 0 Å². The molecule has 0 heterocycles. The van der Waals surface area contributed by atoms with Crippen LogP contribution in [-0.4, -0.2) is 6.04 Å². The molecule has 1 rings (SSSR count). The quantitative estimate of drug-likeness (QED) is 0.791. The van der Waals surface area contributed by atoms with Gasteiger partial charge in [0.25, 0.3) is 0 Å². The first-order valence-electron chi connectivity index (χ1n) is 5.57. The third kappa shape index (κ3) is 3.22. The monoisotopic (exact) mass is 209 g/mol. The van der Waals surface area contributed by atoms with Crippen molar-refractivity contribution in [2.24, 2.45) is 5.92 Å². The van der Waals surface area contributed by atoms with Gasteiger partial charge in [-0.2, -0.15) is 0 Å². The summed E-state index contributed by atoms with van der Waals surface area (Å²) in [6.07, 6.45) is 1.01. The minimum Gasteiger partial charge on any atom is -0.380 e. The van der Waals surface area contributed by atoms with Gasteiger partial charge in [0.1, 0.15) is 5.82 Å². The van der Waals surface area contributed by atoms with E-state index in [0.717, 1.165) is 12.0 Å². The fourth-order valence-electron chi connectivity index (χ4n) is 1.69. The maximum absolute atomic E-state index is 13.5. The van der Waals surface area contributed by atoms with E-state index in [0.29, 0.717) is 17.6 Å². The summed E-state index contributed by atoms with van der Waals surface area (Å²) in [6, 6.07) is 5.50. The van der Waals surface area contributed by atoms with Gasteiger partial charge in [-0.15, -0.1) is 0 Å². The van der Waals surface area contributed by atoms with Crippen molar-refractivity contribution in [3.63, 3.8) is 0 Å². The summed E-state index contributed by atoms with van der Waals surface area (Å²) in [5, 5.41) is 3.26. The van der Waals surface area contributed by atoms with Crippen molar-refractivity contribution >= 4 is 5.69 Å². The third-order valence-corrected chi connectivity index (χ3v) is 2.71. The van der Waals surface area contributed by atoms with Crippen LogP contribution < -0.4 is 5.32 Å². The largest absolute Gasteiger partial charge is 0.380 e. The number of anilines is 1. The second-order valence-corrected chi connectivity index (χ2v) is 4.39. The molecule has 1 N–H and O–H groups in total. The summed E-state index contributed by atoms with van der Waals surface area (Å²) >= 11 is 0. The van der Waals surface area contributed by atoms with E-state index in [1.807, 2.05) is 13.0 Å². The molecule has 0 spiro atoms. The van der Waals surface area contributed by atoms with Gasteiger partial charge in [-0.05, 0) is 37.0 Å². The van der Waals surface area contributed by atoms with Gasteiger partial charge in [-0.3, -0.25) is 0 Å². The SMILES string of the molecule is CCC(Nc1cc(C)ccc1F)C(C)C. The van der Waals surface area contributed by atoms with Crippen LogP contribution in [0.2, 0.25) is 0 Å². The van der Waals surface area contributed by atoms with Crippen molar-refractivity contribution in [2.45, 2.75) is 40.2 Å². The first kappa shape index (κ1) is 12.0. The Hall–Kier alpha value is -1.05. The summed E-state index contributed by atoms with van der Waals surface area (Å²) in [4.78, 5) is 0. The molecule has 0 aliphatic rings. The molecule has 1 nitrogen and oxygen atoms in total. The van der Waals surface area contributed by atoms with Crippen LogP contribution in [0.3, 0.4) is 0 Å². The molecule has 0 radical (unpaired) electrons. The van der Waals surface area contributed by atoms with Gasteiger partial charge in [0.15, 0.2) is 0 Å². The highest BCUT2D eigenvalue weighted by Gasteiger charge is 2.12. The van der Waals surface area contributed by atoms with Crippen LogP contribution in [0.15, 0.2) is 18.2 Å². The smallest absolute Gasteiger partial charge is 0.146 e. The first-order chi connectivity index (χ1) is 7.04. The number of hydrogen-bond acceptors (Lipinski definition) is 1. The molecule has 1 unspecified atom stereocenters. The lowest BCUT2D eigenvalue weighted by molar-refractivity contribution is 0.507. The number of halogens is 1. The van der Waals surface area contributed by atoms with Crippen molar-refractivity contribution in [2.75, 3.05) is 5.32 Å². The molecular weight excluding hydrogens is 189 g/mol. The van der Waals surface area contributed by atoms with Gasteiger partial charge in [-0.1, -0.05) is 26.8 Å². The van der Waals surface area contributed by atoms with Crippen molar-refractivity contribution in [1.29, 1.82) is 0 Å². The lowest BCUT2D eigenvalue weighted by Crippen LogP contribution is -2.25. The Bertz CT molecular complexity index is 320. The molecule has 0 aliphatic heterocycles. The molecule has 0 aliphatic carbocycles. The van der Waals surface area contributed by atoms with Crippen LogP contribution in [0, 0.1) is 18.7 Å². The molecule has 0 aromatic heterocycles. The Balaban J connectivity index is 2.82. The van der Waals surface area contributed by atoms with E-state index in [9.17, 15) is 4.39 Å². The van der Waals surface area contributed by atoms with Crippen LogP contribution in [0.1, 0.15) is 32.8 Å². The molecule has 0 fully saturated rings. The fraction of sp³-hybridized carbons (Fsp3) is 0.538. The van der Waals surface area contributed by atoms with Crippen LogP contribution in [-0.2, 0) is 0 Å². The molecule has 0 saturated carbocycles. The number of rotatable bonds is 4. The molecule has 1 aromatic carbocycles. The number of benzene rings is 1. The maximum Gasteiger partial charge on any atom is 0.146 e. The zero-order chi connectivity index (χ0) is 11.4. The Morgan fingerprint density at radius 2 is 2.00 bits per heavy atom. The van der Waals surface area contributed by atoms with E-state index in [1.165, 1.54) is 6.07 Å². The highest BCUT2D eigenvalue weighted by atomic mass is 19.1. The second kappa shape index (κ2) is 5.15. The summed E-state index contributed by atoms with van der Waals surface area (Å²) in [5.74, 6) is 0.342. The zero-order valence-electron chi connectivity index (χ0n) is 9.97. The molecular formula is C13H20FN. The van der Waals surface area contributed by atoms with Crippen LogP contribution >= 0.6 is 0 Å². The van der Waals surface area contributed by atoms with Gasteiger partial charge in [0, 0.05) is 6.04 Å². The predicted octanol–water partition coefficient (Wildman–Crippen LogP) is 3.98. The summed E-state index contributed by atoms with van der Waals surface area (Å²) < 4.78 is 13.5. The number of aryl methyl sites for hydroxylation is 1. The summed E-state index contributed by atoms with van der Waals surface area (Å²) in [7, 11) is 0. The molecule has 0 bridgehead atoms. The predicted molar refractivity (Wildman–Crippen MR) is 63.7 cm³/mol. The zero-order valence-corrected chi connectivity index (χ0v) is 9.97. The third-order valence-electron chi connectivity index (χ3n) is 2.71. The average Bonchev–Trinajstić information content (AvgIpc) is 2.18. The van der Waals surface area contributed by atoms with E-state index in [-0.39, 0.29) is 5.82 Å². The van der Waals surface area contributed by atoms with E-state index in [4.69, 9.17) is 0 Å². The molecule has 1 atom stereocenters. The molecule has 15 heavy (non-hydrogen) atoms. The minimum atomic E-state index is -0.167. The van der Waals surface area contributed by atoms with Crippen molar-refractivity contribution in [3.05, 3.63) is 29.6 Å². The molecule has 0 saturated heterocycles. The second-order valence-electron chi connectivity index (χ2n) is 4.39. The van der Waals surface area contributed by atoms with E-state index in [1.54, 1.807) is 6.07 Å². The van der Waals surface area contributed by atoms with Crippen LogP contribution in [0.5, 0.6) is 0 Å². The average molecular weight is 209 g/mol. The van der Waals surface area contributed by atoms with Crippen LogP contribution in [0.25, 0.3) is 0 Å².